The number of benzene rings is 1. The van der Waals surface area contributed by atoms with Crippen molar-refractivity contribution < 1.29 is 29.0 Å². The van der Waals surface area contributed by atoms with E-state index in [2.05, 4.69) is 16.0 Å². The van der Waals surface area contributed by atoms with Gasteiger partial charge >= 0.3 is 12.1 Å². The van der Waals surface area contributed by atoms with Crippen LogP contribution < -0.4 is 27.4 Å². The summed E-state index contributed by atoms with van der Waals surface area (Å²) in [6, 6.07) is 4.86. The van der Waals surface area contributed by atoms with Gasteiger partial charge in [0.25, 0.3) is 5.91 Å². The highest BCUT2D eigenvalue weighted by Gasteiger charge is 2.29. The molecule has 0 unspecified atom stereocenters. The zero-order valence-corrected chi connectivity index (χ0v) is 17.0. The first-order valence-corrected chi connectivity index (χ1v) is 9.44. The van der Waals surface area contributed by atoms with Crippen LogP contribution in [0.5, 0.6) is 0 Å². The van der Waals surface area contributed by atoms with E-state index in [9.17, 15) is 19.2 Å². The van der Waals surface area contributed by atoms with Crippen LogP contribution in [-0.4, -0.2) is 47.7 Å². The summed E-state index contributed by atoms with van der Waals surface area (Å²) in [6.07, 6.45) is -1.72. The van der Waals surface area contributed by atoms with E-state index in [0.717, 1.165) is 0 Å². The maximum atomic E-state index is 12.7. The molecule has 166 valence electrons. The Kier molecular flexibility index (Phi) is 10.1. The molecule has 0 aliphatic heterocycles. The van der Waals surface area contributed by atoms with E-state index in [-0.39, 0.29) is 25.5 Å². The van der Waals surface area contributed by atoms with Gasteiger partial charge in [-0.15, -0.1) is 0 Å². The van der Waals surface area contributed by atoms with Gasteiger partial charge in [0, 0.05) is 12.2 Å². The van der Waals surface area contributed by atoms with E-state index in [1.54, 1.807) is 38.1 Å². The van der Waals surface area contributed by atoms with Gasteiger partial charge in [0.2, 0.25) is 5.91 Å². The summed E-state index contributed by atoms with van der Waals surface area (Å²) in [5.74, 6) is -1.54. The van der Waals surface area contributed by atoms with Crippen LogP contribution in [0.3, 0.4) is 0 Å². The Morgan fingerprint density at radius 3 is 2.20 bits per heavy atom. The Labute approximate surface area is 174 Å². The molecule has 5 amide bonds. The number of nitrogens with two attached hydrogens (primary N) is 2. The topological polar surface area (TPSA) is 186 Å². The van der Waals surface area contributed by atoms with Gasteiger partial charge in [-0.25, -0.2) is 9.59 Å². The van der Waals surface area contributed by atoms with Crippen LogP contribution in [0.2, 0.25) is 0 Å². The maximum Gasteiger partial charge on any atom is 0.405 e. The Morgan fingerprint density at radius 2 is 1.70 bits per heavy atom. The number of urea groups is 1. The lowest BCUT2D eigenvalue weighted by Crippen LogP contribution is -2.50. The van der Waals surface area contributed by atoms with E-state index in [4.69, 9.17) is 21.3 Å². The highest BCUT2D eigenvalue weighted by Crippen LogP contribution is 2.12. The van der Waals surface area contributed by atoms with Crippen molar-refractivity contribution in [3.05, 3.63) is 29.8 Å². The molecule has 2 atom stereocenters. The lowest BCUT2D eigenvalue weighted by atomic mass is 10.0. The molecule has 0 saturated heterocycles. The van der Waals surface area contributed by atoms with E-state index < -0.39 is 36.1 Å². The van der Waals surface area contributed by atoms with Crippen LogP contribution in [-0.2, 0) is 20.9 Å². The smallest absolute Gasteiger partial charge is 0.405 e. The molecule has 0 aliphatic rings. The van der Waals surface area contributed by atoms with Crippen LogP contribution >= 0.6 is 0 Å². The fraction of sp³-hybridized carbons (Fsp3) is 0.474. The molecule has 8 N–H and O–H groups in total. The first-order valence-electron chi connectivity index (χ1n) is 9.44. The third-order valence-electron chi connectivity index (χ3n) is 4.11. The highest BCUT2D eigenvalue weighted by atomic mass is 16.6. The molecule has 1 rings (SSSR count). The van der Waals surface area contributed by atoms with Gasteiger partial charge in [0.15, 0.2) is 6.10 Å². The summed E-state index contributed by atoms with van der Waals surface area (Å²) in [4.78, 5) is 47.2. The number of amides is 5. The van der Waals surface area contributed by atoms with Crippen LogP contribution in [0, 0.1) is 5.92 Å². The second kappa shape index (κ2) is 12.3. The number of anilines is 1. The third-order valence-corrected chi connectivity index (χ3v) is 4.11. The van der Waals surface area contributed by atoms with E-state index in [1.165, 1.54) is 0 Å². The number of carbonyl (C=O) groups excluding carboxylic acids is 4. The monoisotopic (exact) mass is 423 g/mol. The second-order valence-electron chi connectivity index (χ2n) is 6.94. The number of hydrogen-bond donors (Lipinski definition) is 6. The summed E-state index contributed by atoms with van der Waals surface area (Å²) in [5, 5.41) is 16.7. The molecule has 0 spiro atoms. The summed E-state index contributed by atoms with van der Waals surface area (Å²) < 4.78 is 4.85. The van der Waals surface area contributed by atoms with Crippen molar-refractivity contribution >= 4 is 29.6 Å². The molecular formula is C19H29N5O6. The zero-order chi connectivity index (χ0) is 22.7. The number of aliphatic hydroxyl groups is 1. The van der Waals surface area contributed by atoms with Crippen molar-refractivity contribution in [2.75, 3.05) is 11.9 Å². The molecule has 1 aromatic rings. The number of ether oxygens (including phenoxy) is 1. The van der Waals surface area contributed by atoms with Crippen molar-refractivity contribution in [3.8, 4) is 0 Å². The first kappa shape index (κ1) is 24.7. The number of hydrogen-bond acceptors (Lipinski definition) is 6. The predicted octanol–water partition coefficient (Wildman–Crippen LogP) is 0.171. The maximum absolute atomic E-state index is 12.7. The van der Waals surface area contributed by atoms with Gasteiger partial charge in [-0.2, -0.15) is 0 Å². The molecule has 11 heteroatoms. The fourth-order valence-electron chi connectivity index (χ4n) is 2.58. The summed E-state index contributed by atoms with van der Waals surface area (Å²) in [5.41, 5.74) is 11.2. The largest absolute Gasteiger partial charge is 0.436 e. The van der Waals surface area contributed by atoms with Crippen molar-refractivity contribution in [1.82, 2.24) is 10.6 Å². The van der Waals surface area contributed by atoms with Crippen molar-refractivity contribution in [3.63, 3.8) is 0 Å². The third kappa shape index (κ3) is 8.78. The van der Waals surface area contributed by atoms with E-state index in [1.807, 2.05) is 0 Å². The van der Waals surface area contributed by atoms with Gasteiger partial charge in [0.1, 0.15) is 6.04 Å². The first-order chi connectivity index (χ1) is 14.1. The molecule has 0 heterocycles. The summed E-state index contributed by atoms with van der Waals surface area (Å²) in [7, 11) is 0. The molecule has 0 radical (unpaired) electrons. The van der Waals surface area contributed by atoms with Crippen molar-refractivity contribution in [2.24, 2.45) is 17.4 Å². The Balaban J connectivity index is 2.87. The van der Waals surface area contributed by atoms with Crippen molar-refractivity contribution in [2.45, 2.75) is 45.4 Å². The molecule has 0 saturated carbocycles. The zero-order valence-electron chi connectivity index (χ0n) is 17.0. The average Bonchev–Trinajstić information content (AvgIpc) is 2.68. The Morgan fingerprint density at radius 1 is 1.07 bits per heavy atom. The molecule has 0 aromatic heterocycles. The Hall–Kier alpha value is -3.34. The van der Waals surface area contributed by atoms with Crippen LogP contribution in [0.25, 0.3) is 0 Å². The van der Waals surface area contributed by atoms with Crippen LogP contribution in [0.1, 0.15) is 32.3 Å². The Bertz CT molecular complexity index is 737. The van der Waals surface area contributed by atoms with Gasteiger partial charge in [-0.1, -0.05) is 26.0 Å². The van der Waals surface area contributed by atoms with E-state index >= 15 is 0 Å². The second-order valence-corrected chi connectivity index (χ2v) is 6.94. The van der Waals surface area contributed by atoms with Gasteiger partial charge < -0.3 is 37.3 Å². The SMILES string of the molecule is CC(C)[C@H](OC(N)=O)C(=O)N[C@@H](CCCNC(N)=O)C(=O)Nc1ccc(CO)cc1. The number of primary amides is 2. The summed E-state index contributed by atoms with van der Waals surface area (Å²) >= 11 is 0. The van der Waals surface area contributed by atoms with Gasteiger partial charge in [-0.3, -0.25) is 9.59 Å². The molecule has 11 nitrogen and oxygen atoms in total. The quantitative estimate of drug-likeness (QED) is 0.275. The van der Waals surface area contributed by atoms with Crippen LogP contribution in [0.15, 0.2) is 24.3 Å². The minimum atomic E-state index is -1.16. The molecule has 0 fully saturated rings. The van der Waals surface area contributed by atoms with Crippen LogP contribution in [0.4, 0.5) is 15.3 Å². The standard InChI is InChI=1S/C19H29N5O6/c1-11(2)15(30-19(21)29)17(27)24-14(4-3-9-22-18(20)28)16(26)23-13-7-5-12(10-25)6-8-13/h5-8,11,14-15,25H,3-4,9-10H2,1-2H3,(H2,21,29)(H,23,26)(H,24,27)(H3,20,22,28)/t14-,15-/m0/s1. The number of carbonyl (C=O) groups is 4. The van der Waals surface area contributed by atoms with Gasteiger partial charge in [0.05, 0.1) is 6.61 Å². The number of rotatable bonds is 11. The van der Waals surface area contributed by atoms with Gasteiger partial charge in [-0.05, 0) is 36.5 Å². The summed E-state index contributed by atoms with van der Waals surface area (Å²) in [6.45, 7) is 3.42. The van der Waals surface area contributed by atoms with E-state index in [0.29, 0.717) is 17.7 Å². The average molecular weight is 423 g/mol. The molecular weight excluding hydrogens is 394 g/mol. The lowest BCUT2D eigenvalue weighted by molar-refractivity contribution is -0.134. The molecule has 30 heavy (non-hydrogen) atoms. The highest BCUT2D eigenvalue weighted by molar-refractivity contribution is 5.98. The molecule has 0 bridgehead atoms. The predicted molar refractivity (Wildman–Crippen MR) is 109 cm³/mol. The van der Waals surface area contributed by atoms with Crippen molar-refractivity contribution in [1.29, 1.82) is 0 Å². The molecule has 1 aromatic carbocycles. The fourth-order valence-corrected chi connectivity index (χ4v) is 2.58. The molecule has 0 aliphatic carbocycles. The number of aliphatic hydroxyl groups excluding tert-OH is 1. The number of nitrogens with one attached hydrogen (secondary N) is 3. The lowest BCUT2D eigenvalue weighted by Gasteiger charge is -2.24. The minimum Gasteiger partial charge on any atom is -0.436 e. The normalized spacial score (nSPS) is 12.5. The minimum absolute atomic E-state index is 0.129.